The SMILES string of the molecule is Cn1ccnc1CCNC1CCC(N)CC1. The van der Waals surface area contributed by atoms with E-state index in [4.69, 9.17) is 5.73 Å². The van der Waals surface area contributed by atoms with Gasteiger partial charge in [0, 0.05) is 44.5 Å². The minimum atomic E-state index is 0.438. The van der Waals surface area contributed by atoms with Crippen molar-refractivity contribution in [1.29, 1.82) is 0 Å². The van der Waals surface area contributed by atoms with Crippen LogP contribution in [0.3, 0.4) is 0 Å². The van der Waals surface area contributed by atoms with Crippen LogP contribution < -0.4 is 11.1 Å². The molecule has 0 amide bonds. The van der Waals surface area contributed by atoms with E-state index in [2.05, 4.69) is 14.9 Å². The van der Waals surface area contributed by atoms with Crippen LogP contribution in [-0.2, 0) is 13.5 Å². The van der Waals surface area contributed by atoms with Gasteiger partial charge in [-0.05, 0) is 25.7 Å². The van der Waals surface area contributed by atoms with E-state index in [1.807, 2.05) is 19.4 Å². The van der Waals surface area contributed by atoms with Gasteiger partial charge in [-0.1, -0.05) is 0 Å². The Morgan fingerprint density at radius 3 is 2.81 bits per heavy atom. The number of nitrogens with one attached hydrogen (secondary N) is 1. The van der Waals surface area contributed by atoms with E-state index in [-0.39, 0.29) is 0 Å². The van der Waals surface area contributed by atoms with Crippen LogP contribution in [0.15, 0.2) is 12.4 Å². The molecule has 0 radical (unpaired) electrons. The second-order valence-corrected chi connectivity index (χ2v) is 4.77. The van der Waals surface area contributed by atoms with Gasteiger partial charge in [-0.2, -0.15) is 0 Å². The van der Waals surface area contributed by atoms with Crippen molar-refractivity contribution in [2.75, 3.05) is 6.54 Å². The number of rotatable bonds is 4. The molecule has 0 atom stereocenters. The van der Waals surface area contributed by atoms with Crippen LogP contribution in [0, 0.1) is 0 Å². The largest absolute Gasteiger partial charge is 0.338 e. The Bertz CT molecular complexity index is 313. The molecule has 4 nitrogen and oxygen atoms in total. The summed E-state index contributed by atoms with van der Waals surface area (Å²) in [5.41, 5.74) is 5.88. The van der Waals surface area contributed by atoms with Crippen molar-refractivity contribution in [3.05, 3.63) is 18.2 Å². The van der Waals surface area contributed by atoms with Crippen molar-refractivity contribution in [2.24, 2.45) is 12.8 Å². The average Bonchev–Trinajstić information content (AvgIpc) is 2.68. The summed E-state index contributed by atoms with van der Waals surface area (Å²) >= 11 is 0. The Kier molecular flexibility index (Phi) is 3.96. The van der Waals surface area contributed by atoms with Crippen LogP contribution in [0.25, 0.3) is 0 Å². The lowest BCUT2D eigenvalue weighted by Gasteiger charge is -2.26. The third-order valence-electron chi connectivity index (χ3n) is 3.47. The van der Waals surface area contributed by atoms with E-state index < -0.39 is 0 Å². The van der Waals surface area contributed by atoms with Crippen molar-refractivity contribution < 1.29 is 0 Å². The summed E-state index contributed by atoms with van der Waals surface area (Å²) in [7, 11) is 2.04. The predicted octanol–water partition coefficient (Wildman–Crippen LogP) is 0.822. The van der Waals surface area contributed by atoms with Gasteiger partial charge < -0.3 is 15.6 Å². The molecular formula is C12H22N4. The zero-order valence-corrected chi connectivity index (χ0v) is 10.0. The van der Waals surface area contributed by atoms with E-state index >= 15 is 0 Å². The normalized spacial score (nSPS) is 25.9. The van der Waals surface area contributed by atoms with E-state index in [1.54, 1.807) is 0 Å². The van der Waals surface area contributed by atoms with Gasteiger partial charge in [-0.3, -0.25) is 0 Å². The first-order valence-corrected chi connectivity index (χ1v) is 6.21. The first-order valence-electron chi connectivity index (χ1n) is 6.21. The van der Waals surface area contributed by atoms with Crippen LogP contribution in [0.2, 0.25) is 0 Å². The predicted molar refractivity (Wildman–Crippen MR) is 65.1 cm³/mol. The van der Waals surface area contributed by atoms with Gasteiger partial charge in [0.1, 0.15) is 5.82 Å². The van der Waals surface area contributed by atoms with Crippen LogP contribution >= 0.6 is 0 Å². The molecule has 0 saturated heterocycles. The second-order valence-electron chi connectivity index (χ2n) is 4.77. The number of nitrogens with zero attached hydrogens (tertiary/aromatic N) is 2. The fourth-order valence-electron chi connectivity index (χ4n) is 2.35. The van der Waals surface area contributed by atoms with E-state index in [9.17, 15) is 0 Å². The van der Waals surface area contributed by atoms with Crippen molar-refractivity contribution >= 4 is 0 Å². The van der Waals surface area contributed by atoms with Gasteiger partial charge in [-0.15, -0.1) is 0 Å². The van der Waals surface area contributed by atoms with E-state index in [0.717, 1.165) is 18.8 Å². The fourth-order valence-corrected chi connectivity index (χ4v) is 2.35. The first-order chi connectivity index (χ1) is 7.75. The van der Waals surface area contributed by atoms with Gasteiger partial charge in [0.05, 0.1) is 0 Å². The Morgan fingerprint density at radius 1 is 1.44 bits per heavy atom. The van der Waals surface area contributed by atoms with Gasteiger partial charge in [0.25, 0.3) is 0 Å². The molecule has 0 spiro atoms. The number of hydrogen-bond donors (Lipinski definition) is 2. The number of imidazole rings is 1. The Morgan fingerprint density at radius 2 is 2.19 bits per heavy atom. The molecule has 1 aliphatic carbocycles. The monoisotopic (exact) mass is 222 g/mol. The Balaban J connectivity index is 1.67. The van der Waals surface area contributed by atoms with Crippen molar-refractivity contribution in [2.45, 2.75) is 44.2 Å². The topological polar surface area (TPSA) is 55.9 Å². The standard InChI is InChI=1S/C12H22N4/c1-16-9-8-15-12(16)6-7-14-11-4-2-10(13)3-5-11/h8-11,14H,2-7,13H2,1H3. The quantitative estimate of drug-likeness (QED) is 0.793. The molecule has 1 heterocycles. The van der Waals surface area contributed by atoms with Gasteiger partial charge in [-0.25, -0.2) is 4.98 Å². The molecule has 0 bridgehead atoms. The van der Waals surface area contributed by atoms with Crippen LogP contribution in [0.5, 0.6) is 0 Å². The van der Waals surface area contributed by atoms with Gasteiger partial charge >= 0.3 is 0 Å². The molecule has 0 unspecified atom stereocenters. The lowest BCUT2D eigenvalue weighted by Crippen LogP contribution is -2.38. The molecule has 1 aliphatic rings. The highest BCUT2D eigenvalue weighted by Crippen LogP contribution is 2.16. The summed E-state index contributed by atoms with van der Waals surface area (Å²) in [5.74, 6) is 1.15. The average molecular weight is 222 g/mol. The highest BCUT2D eigenvalue weighted by atomic mass is 15.0. The molecule has 3 N–H and O–H groups in total. The summed E-state index contributed by atoms with van der Waals surface area (Å²) in [4.78, 5) is 4.31. The Labute approximate surface area is 97.2 Å². The lowest BCUT2D eigenvalue weighted by molar-refractivity contribution is 0.343. The molecule has 1 aromatic rings. The molecule has 0 aromatic carbocycles. The smallest absolute Gasteiger partial charge is 0.109 e. The zero-order valence-electron chi connectivity index (χ0n) is 10.0. The van der Waals surface area contributed by atoms with Crippen molar-refractivity contribution in [3.8, 4) is 0 Å². The van der Waals surface area contributed by atoms with Crippen molar-refractivity contribution in [3.63, 3.8) is 0 Å². The third-order valence-corrected chi connectivity index (χ3v) is 3.47. The molecule has 1 saturated carbocycles. The summed E-state index contributed by atoms with van der Waals surface area (Å²) < 4.78 is 2.08. The molecule has 0 aliphatic heterocycles. The second kappa shape index (κ2) is 5.46. The summed E-state index contributed by atoms with van der Waals surface area (Å²) in [5, 5.41) is 3.60. The van der Waals surface area contributed by atoms with Crippen LogP contribution in [0.1, 0.15) is 31.5 Å². The maximum atomic E-state index is 5.88. The number of nitrogens with two attached hydrogens (primary N) is 1. The molecular weight excluding hydrogens is 200 g/mol. The minimum absolute atomic E-state index is 0.438. The molecule has 1 fully saturated rings. The minimum Gasteiger partial charge on any atom is -0.338 e. The van der Waals surface area contributed by atoms with Gasteiger partial charge in [0.15, 0.2) is 0 Å². The molecule has 2 rings (SSSR count). The number of hydrogen-bond acceptors (Lipinski definition) is 3. The number of aromatic nitrogens is 2. The summed E-state index contributed by atoms with van der Waals surface area (Å²) in [6, 6.07) is 1.10. The maximum Gasteiger partial charge on any atom is 0.109 e. The number of aryl methyl sites for hydroxylation is 1. The molecule has 16 heavy (non-hydrogen) atoms. The first kappa shape index (κ1) is 11.6. The van der Waals surface area contributed by atoms with E-state index in [0.29, 0.717) is 12.1 Å². The Hall–Kier alpha value is -0.870. The van der Waals surface area contributed by atoms with Crippen LogP contribution in [-0.4, -0.2) is 28.2 Å². The third kappa shape index (κ3) is 3.06. The van der Waals surface area contributed by atoms with Crippen molar-refractivity contribution in [1.82, 2.24) is 14.9 Å². The maximum absolute atomic E-state index is 5.88. The highest BCUT2D eigenvalue weighted by Gasteiger charge is 2.17. The van der Waals surface area contributed by atoms with Crippen LogP contribution in [0.4, 0.5) is 0 Å². The lowest BCUT2D eigenvalue weighted by atomic mass is 9.92. The van der Waals surface area contributed by atoms with Gasteiger partial charge in [0.2, 0.25) is 0 Å². The fraction of sp³-hybridized carbons (Fsp3) is 0.750. The summed E-state index contributed by atoms with van der Waals surface area (Å²) in [6.07, 6.45) is 9.64. The molecule has 90 valence electrons. The summed E-state index contributed by atoms with van der Waals surface area (Å²) in [6.45, 7) is 1.02. The highest BCUT2D eigenvalue weighted by molar-refractivity contribution is 4.92. The molecule has 1 aromatic heterocycles. The zero-order chi connectivity index (χ0) is 11.4. The molecule has 4 heteroatoms. The van der Waals surface area contributed by atoms with E-state index in [1.165, 1.54) is 25.7 Å².